The minimum atomic E-state index is -0.682. The lowest BCUT2D eigenvalue weighted by atomic mass is 9.83. The van der Waals surface area contributed by atoms with Crippen molar-refractivity contribution in [2.24, 2.45) is 5.73 Å². The van der Waals surface area contributed by atoms with E-state index in [1.165, 1.54) is 5.56 Å². The van der Waals surface area contributed by atoms with Gasteiger partial charge in [-0.1, -0.05) is 38.1 Å². The molecular formula is C17H27N3O. The number of rotatable bonds is 5. The molecular weight excluding hydrogens is 262 g/mol. The fraction of sp³-hybridized carbons (Fsp3) is 0.588. The Balaban J connectivity index is 2.41. The average molecular weight is 289 g/mol. The Hall–Kier alpha value is -1.39. The Morgan fingerprint density at radius 2 is 1.95 bits per heavy atom. The van der Waals surface area contributed by atoms with E-state index >= 15 is 0 Å². The zero-order valence-corrected chi connectivity index (χ0v) is 13.2. The topological polar surface area (TPSA) is 58.4 Å². The number of hydrogen-bond acceptors (Lipinski definition) is 3. The van der Waals surface area contributed by atoms with E-state index in [1.807, 2.05) is 0 Å². The molecule has 0 aromatic heterocycles. The van der Waals surface area contributed by atoms with E-state index < -0.39 is 5.54 Å². The highest BCUT2D eigenvalue weighted by Crippen LogP contribution is 2.33. The lowest BCUT2D eigenvalue weighted by Gasteiger charge is -2.41. The van der Waals surface area contributed by atoms with Gasteiger partial charge in [-0.15, -0.1) is 0 Å². The van der Waals surface area contributed by atoms with Crippen LogP contribution in [0, 0.1) is 0 Å². The molecule has 1 atom stereocenters. The summed E-state index contributed by atoms with van der Waals surface area (Å²) in [6.07, 6.45) is 2.75. The van der Waals surface area contributed by atoms with E-state index in [-0.39, 0.29) is 5.91 Å². The highest BCUT2D eigenvalue weighted by atomic mass is 16.1. The number of carbonyl (C=O) groups excluding carboxylic acids is 1. The summed E-state index contributed by atoms with van der Waals surface area (Å²) in [5.41, 5.74) is 7.49. The van der Waals surface area contributed by atoms with E-state index in [0.717, 1.165) is 44.6 Å². The van der Waals surface area contributed by atoms with Crippen LogP contribution in [-0.2, 0) is 16.8 Å². The third kappa shape index (κ3) is 3.11. The smallest absolute Gasteiger partial charge is 0.242 e. The summed E-state index contributed by atoms with van der Waals surface area (Å²) in [7, 11) is 0. The number of nitrogens with zero attached hydrogens (tertiary/aromatic N) is 1. The molecule has 1 saturated heterocycles. The van der Waals surface area contributed by atoms with E-state index in [0.29, 0.717) is 6.42 Å². The molecule has 1 amide bonds. The number of primary amides is 1. The van der Waals surface area contributed by atoms with Gasteiger partial charge >= 0.3 is 0 Å². The monoisotopic (exact) mass is 289 g/mol. The number of hydrogen-bond donors (Lipinski definition) is 2. The first-order valence-corrected chi connectivity index (χ1v) is 8.00. The van der Waals surface area contributed by atoms with Gasteiger partial charge in [0.25, 0.3) is 0 Å². The second-order valence-corrected chi connectivity index (χ2v) is 5.72. The first kappa shape index (κ1) is 16.0. The predicted molar refractivity (Wildman–Crippen MR) is 86.0 cm³/mol. The summed E-state index contributed by atoms with van der Waals surface area (Å²) >= 11 is 0. The molecule has 3 N–H and O–H groups in total. The zero-order chi connectivity index (χ0) is 15.3. The number of nitrogens with one attached hydrogen (secondary N) is 1. The van der Waals surface area contributed by atoms with Crippen LogP contribution in [0.4, 0.5) is 0 Å². The van der Waals surface area contributed by atoms with E-state index in [2.05, 4.69) is 48.3 Å². The number of amides is 1. The standard InChI is InChI=1S/C17H27N3O/c1-3-14-6-8-15(9-7-14)17(4-2,16(18)21)20-12-5-10-19-11-13-20/h6-9,19H,3-5,10-13H2,1-2H3,(H2,18,21). The van der Waals surface area contributed by atoms with Crippen LogP contribution in [0.15, 0.2) is 24.3 Å². The molecule has 2 rings (SSSR count). The Morgan fingerprint density at radius 1 is 1.24 bits per heavy atom. The van der Waals surface area contributed by atoms with Crippen LogP contribution in [0.25, 0.3) is 0 Å². The summed E-state index contributed by atoms with van der Waals surface area (Å²) < 4.78 is 0. The quantitative estimate of drug-likeness (QED) is 0.866. The Kier molecular flexibility index (Phi) is 5.37. The summed E-state index contributed by atoms with van der Waals surface area (Å²) in [6.45, 7) is 7.85. The van der Waals surface area contributed by atoms with E-state index in [9.17, 15) is 4.79 Å². The van der Waals surface area contributed by atoms with E-state index in [4.69, 9.17) is 5.73 Å². The zero-order valence-electron chi connectivity index (χ0n) is 13.2. The highest BCUT2D eigenvalue weighted by Gasteiger charge is 2.42. The van der Waals surface area contributed by atoms with Crippen molar-refractivity contribution in [1.29, 1.82) is 0 Å². The van der Waals surface area contributed by atoms with Gasteiger partial charge in [-0.05, 0) is 36.9 Å². The molecule has 1 aliphatic heterocycles. The molecule has 1 aromatic rings. The number of aryl methyl sites for hydroxylation is 1. The van der Waals surface area contributed by atoms with Gasteiger partial charge in [0, 0.05) is 19.6 Å². The lowest BCUT2D eigenvalue weighted by Crippen LogP contribution is -2.55. The minimum absolute atomic E-state index is 0.240. The second-order valence-electron chi connectivity index (χ2n) is 5.72. The summed E-state index contributed by atoms with van der Waals surface area (Å²) in [5.74, 6) is -0.240. The Bertz CT molecular complexity index is 463. The first-order valence-electron chi connectivity index (χ1n) is 8.00. The molecule has 1 unspecified atom stereocenters. The summed E-state index contributed by atoms with van der Waals surface area (Å²) in [6, 6.07) is 8.37. The lowest BCUT2D eigenvalue weighted by molar-refractivity contribution is -0.131. The maximum atomic E-state index is 12.4. The maximum absolute atomic E-state index is 12.4. The van der Waals surface area contributed by atoms with Gasteiger partial charge in [-0.25, -0.2) is 0 Å². The Morgan fingerprint density at radius 3 is 2.52 bits per heavy atom. The van der Waals surface area contributed by atoms with Gasteiger partial charge in [-0.2, -0.15) is 0 Å². The number of carbonyl (C=O) groups is 1. The molecule has 0 saturated carbocycles. The molecule has 0 bridgehead atoms. The van der Waals surface area contributed by atoms with Crippen LogP contribution in [0.2, 0.25) is 0 Å². The molecule has 4 heteroatoms. The molecule has 1 fully saturated rings. The maximum Gasteiger partial charge on any atom is 0.242 e. The third-order valence-corrected chi connectivity index (χ3v) is 4.64. The van der Waals surface area contributed by atoms with Crippen molar-refractivity contribution in [3.8, 4) is 0 Å². The largest absolute Gasteiger partial charge is 0.368 e. The van der Waals surface area contributed by atoms with Gasteiger partial charge in [0.2, 0.25) is 5.91 Å². The van der Waals surface area contributed by atoms with Crippen LogP contribution < -0.4 is 11.1 Å². The molecule has 1 heterocycles. The SMILES string of the molecule is CCc1ccc(C(CC)(C(N)=O)N2CCCNCC2)cc1. The molecule has 0 radical (unpaired) electrons. The van der Waals surface area contributed by atoms with E-state index in [1.54, 1.807) is 0 Å². The van der Waals surface area contributed by atoms with Gasteiger partial charge in [0.05, 0.1) is 0 Å². The summed E-state index contributed by atoms with van der Waals surface area (Å²) in [5, 5.41) is 3.39. The van der Waals surface area contributed by atoms with Crippen molar-refractivity contribution in [2.45, 2.75) is 38.6 Å². The van der Waals surface area contributed by atoms with Crippen LogP contribution in [0.3, 0.4) is 0 Å². The van der Waals surface area contributed by atoms with Crippen LogP contribution in [-0.4, -0.2) is 37.0 Å². The molecule has 0 spiro atoms. The van der Waals surface area contributed by atoms with Crippen molar-refractivity contribution < 1.29 is 4.79 Å². The second kappa shape index (κ2) is 7.05. The van der Waals surface area contributed by atoms with Crippen LogP contribution in [0.1, 0.15) is 37.8 Å². The van der Waals surface area contributed by atoms with Gasteiger partial charge in [0.15, 0.2) is 0 Å². The summed E-state index contributed by atoms with van der Waals surface area (Å²) in [4.78, 5) is 14.6. The third-order valence-electron chi connectivity index (χ3n) is 4.64. The molecule has 1 aliphatic rings. The number of nitrogens with two attached hydrogens (primary N) is 1. The van der Waals surface area contributed by atoms with Crippen LogP contribution in [0.5, 0.6) is 0 Å². The molecule has 4 nitrogen and oxygen atoms in total. The van der Waals surface area contributed by atoms with Crippen LogP contribution >= 0.6 is 0 Å². The van der Waals surface area contributed by atoms with Gasteiger partial charge in [0.1, 0.15) is 5.54 Å². The molecule has 0 aliphatic carbocycles. The molecule has 21 heavy (non-hydrogen) atoms. The average Bonchev–Trinajstić information content (AvgIpc) is 2.78. The first-order chi connectivity index (χ1) is 10.1. The molecule has 116 valence electrons. The van der Waals surface area contributed by atoms with Crippen molar-refractivity contribution in [2.75, 3.05) is 26.2 Å². The fourth-order valence-electron chi connectivity index (χ4n) is 3.33. The molecule has 1 aromatic carbocycles. The van der Waals surface area contributed by atoms with Crippen molar-refractivity contribution in [3.05, 3.63) is 35.4 Å². The minimum Gasteiger partial charge on any atom is -0.368 e. The van der Waals surface area contributed by atoms with Gasteiger partial charge in [-0.3, -0.25) is 9.69 Å². The number of benzene rings is 1. The fourth-order valence-corrected chi connectivity index (χ4v) is 3.33. The Labute approximate surface area is 127 Å². The van der Waals surface area contributed by atoms with Crippen molar-refractivity contribution >= 4 is 5.91 Å². The highest BCUT2D eigenvalue weighted by molar-refractivity contribution is 5.86. The predicted octanol–water partition coefficient (Wildman–Crippen LogP) is 1.63. The van der Waals surface area contributed by atoms with Crippen molar-refractivity contribution in [3.63, 3.8) is 0 Å². The normalized spacial score (nSPS) is 19.7. The van der Waals surface area contributed by atoms with Crippen molar-refractivity contribution in [1.82, 2.24) is 10.2 Å². The van der Waals surface area contributed by atoms with Gasteiger partial charge < -0.3 is 11.1 Å².